The van der Waals surface area contributed by atoms with Gasteiger partial charge >= 0.3 is 23.9 Å². The summed E-state index contributed by atoms with van der Waals surface area (Å²) in [7, 11) is 5.79. The van der Waals surface area contributed by atoms with Crippen molar-refractivity contribution in [1.82, 2.24) is 0 Å². The summed E-state index contributed by atoms with van der Waals surface area (Å²) in [6.45, 7) is 0. The van der Waals surface area contributed by atoms with Crippen molar-refractivity contribution >= 4 is 46.6 Å². The number of aliphatic carboxylic acids is 2. The highest BCUT2D eigenvalue weighted by molar-refractivity contribution is 6.40. The average Bonchev–Trinajstić information content (AvgIpc) is 2.77. The molecule has 0 saturated carbocycles. The fourth-order valence-corrected chi connectivity index (χ4v) is 4.11. The van der Waals surface area contributed by atoms with Gasteiger partial charge in [-0.1, -0.05) is 0 Å². The third-order valence-electron chi connectivity index (χ3n) is 5.54. The second kappa shape index (κ2) is 8.98. The van der Waals surface area contributed by atoms with Gasteiger partial charge < -0.3 is 30.4 Å². The van der Waals surface area contributed by atoms with Gasteiger partial charge in [0, 0.05) is 14.1 Å². The number of carboxylic acids is 4. The van der Waals surface area contributed by atoms with Crippen molar-refractivity contribution in [2.45, 2.75) is 0 Å². The standard InChI is InChI=1S/C24H20N2O10/c1-25(2)17-11(21(29)30)5-9(6-12(17)22(31)32)15-19(27)16(20(15)28)10-7-13(23(33)34)18(26(3)4)14(8-10)24(35)36/h5-8H,1-4H3,(H4-,27,28,29,30,31,32,33,34,35,36)/p+1. The van der Waals surface area contributed by atoms with Gasteiger partial charge in [0.15, 0.2) is 0 Å². The Labute approximate surface area is 203 Å². The second-order valence-electron chi connectivity index (χ2n) is 8.28. The molecule has 0 fully saturated rings. The predicted molar refractivity (Wildman–Crippen MR) is 125 cm³/mol. The van der Waals surface area contributed by atoms with Crippen LogP contribution in [0.3, 0.4) is 0 Å². The van der Waals surface area contributed by atoms with Crippen molar-refractivity contribution in [1.29, 1.82) is 0 Å². The molecule has 0 saturated heterocycles. The van der Waals surface area contributed by atoms with Crippen molar-refractivity contribution in [2.75, 3.05) is 33.1 Å². The first kappa shape index (κ1) is 25.6. The van der Waals surface area contributed by atoms with E-state index < -0.39 is 57.7 Å². The topological polar surface area (TPSA) is 193 Å². The van der Waals surface area contributed by atoms with Gasteiger partial charge in [-0.3, -0.25) is 4.79 Å². The molecule has 3 rings (SSSR count). The third-order valence-corrected chi connectivity index (χ3v) is 5.54. The van der Waals surface area contributed by atoms with Crippen molar-refractivity contribution in [3.63, 3.8) is 0 Å². The number of hydrogen-bond donors (Lipinski definition) is 5. The minimum absolute atomic E-state index is 0.119. The van der Waals surface area contributed by atoms with Crippen LogP contribution in [0.4, 0.5) is 5.69 Å². The van der Waals surface area contributed by atoms with E-state index in [4.69, 9.17) is 0 Å². The van der Waals surface area contributed by atoms with E-state index in [0.717, 1.165) is 24.3 Å². The normalized spacial score (nSPS) is 15.2. The van der Waals surface area contributed by atoms with Crippen molar-refractivity contribution in [3.05, 3.63) is 69.0 Å². The molecule has 0 bridgehead atoms. The molecule has 0 spiro atoms. The Kier molecular flexibility index (Phi) is 6.39. The van der Waals surface area contributed by atoms with Gasteiger partial charge in [0.1, 0.15) is 31.0 Å². The summed E-state index contributed by atoms with van der Waals surface area (Å²) in [5.41, 5.74) is -3.05. The highest BCUT2D eigenvalue weighted by atomic mass is 16.4. The molecule has 12 nitrogen and oxygen atoms in total. The Morgan fingerprint density at radius 1 is 0.778 bits per heavy atom. The van der Waals surface area contributed by atoms with Gasteiger partial charge in [0.05, 0.1) is 28.0 Å². The lowest BCUT2D eigenvalue weighted by Gasteiger charge is -2.26. The van der Waals surface area contributed by atoms with Crippen LogP contribution in [0.1, 0.15) is 26.3 Å². The molecule has 12 heteroatoms. The Morgan fingerprint density at radius 3 is 1.53 bits per heavy atom. The first-order valence-corrected chi connectivity index (χ1v) is 10.2. The van der Waals surface area contributed by atoms with Gasteiger partial charge in [-0.25, -0.2) is 23.8 Å². The lowest BCUT2D eigenvalue weighted by molar-refractivity contribution is -0.463. The predicted octanol–water partition coefficient (Wildman–Crippen LogP) is 1.05. The van der Waals surface area contributed by atoms with Crippen molar-refractivity contribution in [3.8, 4) is 0 Å². The molecule has 0 radical (unpaired) electrons. The minimum Gasteiger partial charge on any atom is -0.506 e. The Balaban J connectivity index is 2.32. The monoisotopic (exact) mass is 497 g/mol. The SMILES string of the molecule is CN(C)c1c(C(=O)O)cc(C2=C(O)C(=C3C=C(C(=O)O)C(=[N+](C)C)C(C(=O)O)=C3)C2=O)cc1C(=O)O. The summed E-state index contributed by atoms with van der Waals surface area (Å²) in [6, 6.07) is 2.09. The van der Waals surface area contributed by atoms with E-state index in [1.165, 1.54) is 37.7 Å². The fourth-order valence-electron chi connectivity index (χ4n) is 4.11. The van der Waals surface area contributed by atoms with Crippen LogP contribution in [-0.2, 0) is 14.4 Å². The fraction of sp³-hybridized carbons (Fsp3) is 0.167. The first-order chi connectivity index (χ1) is 16.7. The first-order valence-electron chi connectivity index (χ1n) is 10.2. The van der Waals surface area contributed by atoms with E-state index in [2.05, 4.69) is 0 Å². The van der Waals surface area contributed by atoms with Crippen LogP contribution in [-0.4, -0.2) is 93.7 Å². The lowest BCUT2D eigenvalue weighted by Crippen LogP contribution is -2.30. The molecule has 2 aliphatic rings. The molecular weight excluding hydrogens is 476 g/mol. The molecule has 1 aromatic rings. The Hall–Kier alpha value is -5.00. The lowest BCUT2D eigenvalue weighted by atomic mass is 9.77. The number of aliphatic hydroxyl groups is 1. The number of benzene rings is 1. The number of ketones is 1. The molecule has 0 atom stereocenters. The molecule has 0 unspecified atom stereocenters. The average molecular weight is 497 g/mol. The molecule has 5 N–H and O–H groups in total. The van der Waals surface area contributed by atoms with Crippen molar-refractivity contribution in [2.24, 2.45) is 0 Å². The van der Waals surface area contributed by atoms with Crippen LogP contribution in [0.15, 0.2) is 52.3 Å². The van der Waals surface area contributed by atoms with E-state index in [9.17, 15) is 49.5 Å². The largest absolute Gasteiger partial charge is 0.506 e. The number of carbonyl (C=O) groups excluding carboxylic acids is 1. The molecule has 0 aliphatic heterocycles. The van der Waals surface area contributed by atoms with E-state index in [1.54, 1.807) is 0 Å². The zero-order valence-corrected chi connectivity index (χ0v) is 19.5. The molecule has 1 aromatic carbocycles. The van der Waals surface area contributed by atoms with Gasteiger partial charge in [-0.05, 0) is 35.4 Å². The summed E-state index contributed by atoms with van der Waals surface area (Å²) in [5.74, 6) is -7.35. The summed E-state index contributed by atoms with van der Waals surface area (Å²) < 4.78 is 1.29. The number of aliphatic hydroxyl groups excluding tert-OH is 1. The zero-order chi connectivity index (χ0) is 27.2. The van der Waals surface area contributed by atoms with Crippen molar-refractivity contribution < 1.29 is 54.1 Å². The number of nitrogens with zero attached hydrogens (tertiary/aromatic N) is 2. The molecule has 2 aliphatic carbocycles. The summed E-state index contributed by atoms with van der Waals surface area (Å²) in [6.07, 6.45) is 2.09. The van der Waals surface area contributed by atoms with Crippen LogP contribution in [0.5, 0.6) is 0 Å². The van der Waals surface area contributed by atoms with E-state index in [0.29, 0.717) is 0 Å². The third kappa shape index (κ3) is 4.04. The number of carboxylic acid groups (broad SMARTS) is 4. The second-order valence-corrected chi connectivity index (χ2v) is 8.28. The van der Waals surface area contributed by atoms with Crippen LogP contribution >= 0.6 is 0 Å². The molecule has 0 amide bonds. The number of rotatable bonds is 6. The maximum atomic E-state index is 13.1. The highest BCUT2D eigenvalue weighted by Crippen LogP contribution is 2.41. The van der Waals surface area contributed by atoms with Crippen LogP contribution in [0.2, 0.25) is 0 Å². The number of Topliss-reactive ketones (excluding diaryl/α,β-unsaturated/α-hetero) is 1. The van der Waals surface area contributed by atoms with Crippen LogP contribution in [0, 0.1) is 0 Å². The Bertz CT molecular complexity index is 1380. The Morgan fingerprint density at radius 2 is 1.22 bits per heavy atom. The van der Waals surface area contributed by atoms with E-state index in [-0.39, 0.29) is 33.7 Å². The molecular formula is C24H21N2O10+. The quantitative estimate of drug-likeness (QED) is 0.279. The number of anilines is 1. The van der Waals surface area contributed by atoms with Crippen LogP contribution < -0.4 is 4.90 Å². The van der Waals surface area contributed by atoms with Gasteiger partial charge in [-0.2, -0.15) is 0 Å². The zero-order valence-electron chi connectivity index (χ0n) is 19.5. The van der Waals surface area contributed by atoms with E-state index >= 15 is 0 Å². The molecule has 186 valence electrons. The molecule has 0 heterocycles. The van der Waals surface area contributed by atoms with E-state index in [1.807, 2.05) is 0 Å². The number of hydrogen-bond acceptors (Lipinski definition) is 7. The van der Waals surface area contributed by atoms with Gasteiger partial charge in [0.25, 0.3) is 0 Å². The highest BCUT2D eigenvalue weighted by Gasteiger charge is 2.41. The maximum Gasteiger partial charge on any atom is 0.342 e. The number of allylic oxidation sites excluding steroid dienone is 5. The summed E-state index contributed by atoms with van der Waals surface area (Å²) in [5, 5.41) is 49.2. The smallest absolute Gasteiger partial charge is 0.342 e. The maximum absolute atomic E-state index is 13.1. The van der Waals surface area contributed by atoms with Gasteiger partial charge in [-0.15, -0.1) is 0 Å². The number of aromatic carboxylic acids is 2. The summed E-state index contributed by atoms with van der Waals surface area (Å²) in [4.78, 5) is 61.6. The summed E-state index contributed by atoms with van der Waals surface area (Å²) >= 11 is 0. The number of carbonyl (C=O) groups is 5. The molecule has 36 heavy (non-hydrogen) atoms. The molecule has 0 aromatic heterocycles. The van der Waals surface area contributed by atoms with Crippen LogP contribution in [0.25, 0.3) is 5.57 Å². The van der Waals surface area contributed by atoms with Gasteiger partial charge in [0.2, 0.25) is 11.5 Å². The minimum atomic E-state index is -1.46.